The first-order valence-corrected chi connectivity index (χ1v) is 7.32. The third-order valence-corrected chi connectivity index (χ3v) is 5.16. The van der Waals surface area contributed by atoms with Gasteiger partial charge in [-0.05, 0) is 49.5 Å². The Bertz CT molecular complexity index is 262. The molecule has 2 heteroatoms. The summed E-state index contributed by atoms with van der Waals surface area (Å²) in [5.41, 5.74) is 0.380. The lowest BCUT2D eigenvalue weighted by atomic mass is 9.71. The lowest BCUT2D eigenvalue weighted by Gasteiger charge is -2.45. The largest absolute Gasteiger partial charge is 0.393 e. The normalized spacial score (nSPS) is 38.8. The van der Waals surface area contributed by atoms with Gasteiger partial charge in [-0.25, -0.2) is 0 Å². The topological polar surface area (TPSA) is 23.5 Å². The molecule has 17 heavy (non-hydrogen) atoms. The van der Waals surface area contributed by atoms with Crippen LogP contribution in [0.1, 0.15) is 53.4 Å². The van der Waals surface area contributed by atoms with Crippen molar-refractivity contribution >= 4 is 0 Å². The Balaban J connectivity index is 2.01. The zero-order chi connectivity index (χ0) is 12.6. The van der Waals surface area contributed by atoms with Crippen LogP contribution in [0, 0.1) is 17.3 Å². The van der Waals surface area contributed by atoms with Crippen molar-refractivity contribution in [2.45, 2.75) is 65.5 Å². The minimum Gasteiger partial charge on any atom is -0.393 e. The number of hydrogen-bond donors (Lipinski definition) is 1. The molecule has 0 amide bonds. The standard InChI is InChI=1S/C15H29NO/c1-11(2)12-6-8-16(10-12)14-9-13(17)5-7-15(14,3)4/h11-14,17H,5-10H2,1-4H3. The minimum absolute atomic E-state index is 0.0638. The molecule has 1 aliphatic heterocycles. The van der Waals surface area contributed by atoms with Crippen LogP contribution in [0.25, 0.3) is 0 Å². The van der Waals surface area contributed by atoms with E-state index < -0.39 is 0 Å². The zero-order valence-corrected chi connectivity index (χ0v) is 11.9. The van der Waals surface area contributed by atoms with Gasteiger partial charge in [0.25, 0.3) is 0 Å². The van der Waals surface area contributed by atoms with E-state index in [1.807, 2.05) is 0 Å². The van der Waals surface area contributed by atoms with E-state index in [1.165, 1.54) is 25.9 Å². The maximum absolute atomic E-state index is 9.92. The molecule has 1 N–H and O–H groups in total. The van der Waals surface area contributed by atoms with Gasteiger partial charge >= 0.3 is 0 Å². The molecule has 2 nitrogen and oxygen atoms in total. The second-order valence-electron chi connectivity index (χ2n) is 7.22. The summed E-state index contributed by atoms with van der Waals surface area (Å²) >= 11 is 0. The summed E-state index contributed by atoms with van der Waals surface area (Å²) < 4.78 is 0. The highest BCUT2D eigenvalue weighted by molar-refractivity contribution is 4.95. The van der Waals surface area contributed by atoms with E-state index in [-0.39, 0.29) is 6.10 Å². The van der Waals surface area contributed by atoms with E-state index in [4.69, 9.17) is 0 Å². The number of likely N-dealkylation sites (tertiary alicyclic amines) is 1. The Hall–Kier alpha value is -0.0800. The summed E-state index contributed by atoms with van der Waals surface area (Å²) in [6, 6.07) is 0.593. The summed E-state index contributed by atoms with van der Waals surface area (Å²) in [6.45, 7) is 11.9. The fraction of sp³-hybridized carbons (Fsp3) is 1.00. The van der Waals surface area contributed by atoms with Crippen LogP contribution in [-0.2, 0) is 0 Å². The molecule has 1 aliphatic carbocycles. The van der Waals surface area contributed by atoms with Crippen molar-refractivity contribution in [1.29, 1.82) is 0 Å². The minimum atomic E-state index is -0.0638. The van der Waals surface area contributed by atoms with E-state index in [0.717, 1.165) is 24.7 Å². The van der Waals surface area contributed by atoms with Crippen molar-refractivity contribution in [1.82, 2.24) is 4.90 Å². The van der Waals surface area contributed by atoms with Crippen LogP contribution >= 0.6 is 0 Å². The fourth-order valence-corrected chi connectivity index (χ4v) is 3.69. The van der Waals surface area contributed by atoms with E-state index in [0.29, 0.717) is 11.5 Å². The van der Waals surface area contributed by atoms with Gasteiger partial charge < -0.3 is 5.11 Å². The first kappa shape index (κ1) is 13.4. The smallest absolute Gasteiger partial charge is 0.0555 e. The van der Waals surface area contributed by atoms with Crippen LogP contribution in [0.5, 0.6) is 0 Å². The molecule has 3 unspecified atom stereocenters. The van der Waals surface area contributed by atoms with Crippen LogP contribution < -0.4 is 0 Å². The van der Waals surface area contributed by atoms with Crippen LogP contribution in [0.4, 0.5) is 0 Å². The first-order valence-electron chi connectivity index (χ1n) is 7.32. The molecule has 0 aromatic rings. The second-order valence-corrected chi connectivity index (χ2v) is 7.22. The van der Waals surface area contributed by atoms with Gasteiger partial charge in [-0.3, -0.25) is 4.90 Å². The highest BCUT2D eigenvalue weighted by Gasteiger charge is 2.41. The molecule has 0 radical (unpaired) electrons. The van der Waals surface area contributed by atoms with Gasteiger partial charge in [0.15, 0.2) is 0 Å². The summed E-state index contributed by atoms with van der Waals surface area (Å²) in [7, 11) is 0. The molecule has 2 rings (SSSR count). The number of nitrogens with zero attached hydrogens (tertiary/aromatic N) is 1. The Morgan fingerprint density at radius 3 is 2.53 bits per heavy atom. The number of aliphatic hydroxyl groups is 1. The Morgan fingerprint density at radius 1 is 1.24 bits per heavy atom. The fourth-order valence-electron chi connectivity index (χ4n) is 3.69. The average molecular weight is 239 g/mol. The van der Waals surface area contributed by atoms with Gasteiger partial charge in [0.05, 0.1) is 6.10 Å². The van der Waals surface area contributed by atoms with Crippen molar-refractivity contribution < 1.29 is 5.11 Å². The monoisotopic (exact) mass is 239 g/mol. The highest BCUT2D eigenvalue weighted by Crippen LogP contribution is 2.41. The van der Waals surface area contributed by atoms with Crippen LogP contribution in [0.3, 0.4) is 0 Å². The van der Waals surface area contributed by atoms with E-state index in [1.54, 1.807) is 0 Å². The van der Waals surface area contributed by atoms with E-state index >= 15 is 0 Å². The number of rotatable bonds is 2. The third-order valence-electron chi connectivity index (χ3n) is 5.16. The summed E-state index contributed by atoms with van der Waals surface area (Å²) in [5.74, 6) is 1.67. The van der Waals surface area contributed by atoms with Gasteiger partial charge in [-0.1, -0.05) is 27.7 Å². The molecular formula is C15H29NO. The van der Waals surface area contributed by atoms with Crippen molar-refractivity contribution in [2.24, 2.45) is 17.3 Å². The molecule has 100 valence electrons. The third kappa shape index (κ3) is 2.85. The van der Waals surface area contributed by atoms with Gasteiger partial charge in [-0.2, -0.15) is 0 Å². The lowest BCUT2D eigenvalue weighted by Crippen LogP contribution is -2.49. The molecule has 2 aliphatic rings. The molecule has 0 spiro atoms. The van der Waals surface area contributed by atoms with Gasteiger partial charge in [-0.15, -0.1) is 0 Å². The number of hydrogen-bond acceptors (Lipinski definition) is 2. The highest BCUT2D eigenvalue weighted by atomic mass is 16.3. The Labute approximate surface area is 106 Å². The van der Waals surface area contributed by atoms with Crippen molar-refractivity contribution in [2.75, 3.05) is 13.1 Å². The van der Waals surface area contributed by atoms with Crippen LogP contribution in [-0.4, -0.2) is 35.2 Å². The molecule has 0 bridgehead atoms. The summed E-state index contributed by atoms with van der Waals surface area (Å²) in [6.07, 6.45) is 4.43. The predicted octanol–water partition coefficient (Wildman–Crippen LogP) is 2.90. The first-order chi connectivity index (χ1) is 7.90. The van der Waals surface area contributed by atoms with Gasteiger partial charge in [0.2, 0.25) is 0 Å². The maximum Gasteiger partial charge on any atom is 0.0555 e. The van der Waals surface area contributed by atoms with Gasteiger partial charge in [0, 0.05) is 12.6 Å². The molecule has 0 aromatic heterocycles. The van der Waals surface area contributed by atoms with E-state index in [9.17, 15) is 5.11 Å². The SMILES string of the molecule is CC(C)C1CCN(C2CC(O)CCC2(C)C)C1. The van der Waals surface area contributed by atoms with Crippen molar-refractivity contribution in [3.8, 4) is 0 Å². The van der Waals surface area contributed by atoms with Crippen molar-refractivity contribution in [3.05, 3.63) is 0 Å². The van der Waals surface area contributed by atoms with Crippen LogP contribution in [0.2, 0.25) is 0 Å². The molecular weight excluding hydrogens is 210 g/mol. The average Bonchev–Trinajstić information content (AvgIpc) is 2.70. The molecule has 0 aromatic carbocycles. The van der Waals surface area contributed by atoms with Crippen LogP contribution in [0.15, 0.2) is 0 Å². The zero-order valence-electron chi connectivity index (χ0n) is 11.9. The molecule has 2 fully saturated rings. The molecule has 1 saturated heterocycles. The molecule has 1 saturated carbocycles. The van der Waals surface area contributed by atoms with Crippen molar-refractivity contribution in [3.63, 3.8) is 0 Å². The molecule has 3 atom stereocenters. The van der Waals surface area contributed by atoms with E-state index in [2.05, 4.69) is 32.6 Å². The molecule has 1 heterocycles. The Kier molecular flexibility index (Phi) is 3.84. The maximum atomic E-state index is 9.92. The Morgan fingerprint density at radius 2 is 1.94 bits per heavy atom. The second kappa shape index (κ2) is 4.89. The predicted molar refractivity (Wildman–Crippen MR) is 71.9 cm³/mol. The summed E-state index contributed by atoms with van der Waals surface area (Å²) in [5, 5.41) is 9.92. The van der Waals surface area contributed by atoms with Gasteiger partial charge in [0.1, 0.15) is 0 Å². The lowest BCUT2D eigenvalue weighted by molar-refractivity contribution is -0.00415. The number of aliphatic hydroxyl groups excluding tert-OH is 1. The quantitative estimate of drug-likeness (QED) is 0.801. The summed E-state index contributed by atoms with van der Waals surface area (Å²) in [4.78, 5) is 2.66.